The predicted octanol–water partition coefficient (Wildman–Crippen LogP) is 1.46. The zero-order chi connectivity index (χ0) is 11.1. The van der Waals surface area contributed by atoms with E-state index in [1.54, 1.807) is 11.3 Å². The first-order valence-electron chi connectivity index (χ1n) is 5.92. The van der Waals surface area contributed by atoms with Gasteiger partial charge in [0.15, 0.2) is 0 Å². The summed E-state index contributed by atoms with van der Waals surface area (Å²) in [5.74, 6) is 0.0670. The molecule has 1 heterocycles. The van der Waals surface area contributed by atoms with Crippen molar-refractivity contribution in [3.05, 3.63) is 21.4 Å². The van der Waals surface area contributed by atoms with E-state index in [0.29, 0.717) is 0 Å². The maximum atomic E-state index is 11.9. The fraction of sp³-hybridized carbons (Fsp3) is 0.583. The summed E-state index contributed by atoms with van der Waals surface area (Å²) in [7, 11) is 0. The summed E-state index contributed by atoms with van der Waals surface area (Å²) in [4.78, 5) is 14.2. The molecule has 1 aromatic rings. The maximum absolute atomic E-state index is 11.9. The Labute approximate surface area is 99.0 Å². The third-order valence-corrected chi connectivity index (χ3v) is 4.61. The third-order valence-electron chi connectivity index (χ3n) is 3.38. The van der Waals surface area contributed by atoms with Crippen molar-refractivity contribution in [3.8, 4) is 0 Å². The molecule has 1 aromatic heterocycles. The van der Waals surface area contributed by atoms with Crippen molar-refractivity contribution in [2.24, 2.45) is 5.73 Å². The van der Waals surface area contributed by atoms with Crippen LogP contribution in [0.15, 0.2) is 6.07 Å². The average Bonchev–Trinajstić information content (AvgIpc) is 2.82. The number of hydrogen-bond acceptors (Lipinski definition) is 3. The molecule has 0 saturated heterocycles. The molecule has 3 N–H and O–H groups in total. The SMILES string of the molecule is NC1CC1NC(=O)c1cc2c(s1)CCCC2. The molecule has 3 rings (SSSR count). The summed E-state index contributed by atoms with van der Waals surface area (Å²) >= 11 is 1.66. The van der Waals surface area contributed by atoms with Gasteiger partial charge in [-0.05, 0) is 43.7 Å². The quantitative estimate of drug-likeness (QED) is 0.816. The summed E-state index contributed by atoms with van der Waals surface area (Å²) in [6.07, 6.45) is 5.75. The van der Waals surface area contributed by atoms with Crippen LogP contribution in [0.25, 0.3) is 0 Å². The molecule has 2 unspecified atom stereocenters. The largest absolute Gasteiger partial charge is 0.347 e. The standard InChI is InChI=1S/C12H16N2OS/c13-8-6-9(8)14-12(15)11-5-7-3-1-2-4-10(7)16-11/h5,8-9H,1-4,6,13H2,(H,14,15). The first-order chi connectivity index (χ1) is 7.74. The highest BCUT2D eigenvalue weighted by Gasteiger charge is 2.35. The van der Waals surface area contributed by atoms with Crippen LogP contribution in [-0.4, -0.2) is 18.0 Å². The fourth-order valence-electron chi connectivity index (χ4n) is 2.22. The van der Waals surface area contributed by atoms with E-state index in [0.717, 1.165) is 24.1 Å². The molecule has 0 spiro atoms. The smallest absolute Gasteiger partial charge is 0.261 e. The van der Waals surface area contributed by atoms with Crippen LogP contribution in [0.3, 0.4) is 0 Å². The molecule has 1 amide bonds. The van der Waals surface area contributed by atoms with E-state index in [-0.39, 0.29) is 18.0 Å². The molecule has 86 valence electrons. The van der Waals surface area contributed by atoms with Gasteiger partial charge < -0.3 is 11.1 Å². The van der Waals surface area contributed by atoms with Crippen LogP contribution in [0.5, 0.6) is 0 Å². The number of nitrogens with one attached hydrogen (secondary N) is 1. The van der Waals surface area contributed by atoms with Gasteiger partial charge in [0.2, 0.25) is 0 Å². The molecule has 1 fully saturated rings. The number of nitrogens with two attached hydrogens (primary N) is 1. The number of carbonyl (C=O) groups excluding carboxylic acids is 1. The second kappa shape index (κ2) is 3.86. The van der Waals surface area contributed by atoms with Gasteiger partial charge in [-0.3, -0.25) is 4.79 Å². The van der Waals surface area contributed by atoms with Crippen molar-refractivity contribution in [1.82, 2.24) is 5.32 Å². The summed E-state index contributed by atoms with van der Waals surface area (Å²) in [6, 6.07) is 2.47. The lowest BCUT2D eigenvalue weighted by atomic mass is 9.99. The Hall–Kier alpha value is -0.870. The lowest BCUT2D eigenvalue weighted by Crippen LogP contribution is -2.28. The molecule has 1 saturated carbocycles. The number of aryl methyl sites for hydroxylation is 2. The van der Waals surface area contributed by atoms with Gasteiger partial charge in [0.25, 0.3) is 5.91 Å². The van der Waals surface area contributed by atoms with Gasteiger partial charge in [-0.1, -0.05) is 0 Å². The second-order valence-corrected chi connectivity index (χ2v) is 5.88. The molecule has 2 atom stereocenters. The van der Waals surface area contributed by atoms with Gasteiger partial charge in [-0.2, -0.15) is 0 Å². The number of fused-ring (bicyclic) bond motifs is 1. The van der Waals surface area contributed by atoms with Crippen LogP contribution in [0.1, 0.15) is 39.4 Å². The minimum absolute atomic E-state index is 0.0670. The van der Waals surface area contributed by atoms with Gasteiger partial charge in [-0.25, -0.2) is 0 Å². The normalized spacial score (nSPS) is 27.3. The summed E-state index contributed by atoms with van der Waals surface area (Å²) in [5, 5.41) is 2.98. The topological polar surface area (TPSA) is 55.1 Å². The van der Waals surface area contributed by atoms with Gasteiger partial charge in [0.1, 0.15) is 0 Å². The Morgan fingerprint density at radius 3 is 2.88 bits per heavy atom. The first-order valence-corrected chi connectivity index (χ1v) is 6.74. The number of amides is 1. The van der Waals surface area contributed by atoms with Crippen molar-refractivity contribution < 1.29 is 4.79 Å². The highest BCUT2D eigenvalue weighted by atomic mass is 32.1. The van der Waals surface area contributed by atoms with Crippen molar-refractivity contribution in [3.63, 3.8) is 0 Å². The van der Waals surface area contributed by atoms with Crippen LogP contribution in [-0.2, 0) is 12.8 Å². The molecular formula is C12H16N2OS. The Kier molecular flexibility index (Phi) is 2.48. The fourth-order valence-corrected chi connectivity index (χ4v) is 3.38. The van der Waals surface area contributed by atoms with Crippen LogP contribution in [0, 0.1) is 0 Å². The lowest BCUT2D eigenvalue weighted by Gasteiger charge is -2.08. The predicted molar refractivity (Wildman–Crippen MR) is 64.8 cm³/mol. The highest BCUT2D eigenvalue weighted by molar-refractivity contribution is 7.14. The molecule has 0 aromatic carbocycles. The zero-order valence-corrected chi connectivity index (χ0v) is 9.98. The molecule has 0 radical (unpaired) electrons. The first kappa shape index (κ1) is 10.3. The van der Waals surface area contributed by atoms with E-state index < -0.39 is 0 Å². The van der Waals surface area contributed by atoms with E-state index in [1.165, 1.54) is 23.3 Å². The molecular weight excluding hydrogens is 220 g/mol. The Bertz CT molecular complexity index is 403. The summed E-state index contributed by atoms with van der Waals surface area (Å²) in [6.45, 7) is 0. The van der Waals surface area contributed by atoms with Crippen LogP contribution >= 0.6 is 11.3 Å². The van der Waals surface area contributed by atoms with E-state index in [4.69, 9.17) is 5.73 Å². The van der Waals surface area contributed by atoms with Crippen LogP contribution in [0.2, 0.25) is 0 Å². The van der Waals surface area contributed by atoms with Crippen molar-refractivity contribution in [2.75, 3.05) is 0 Å². The molecule has 0 bridgehead atoms. The zero-order valence-electron chi connectivity index (χ0n) is 9.16. The molecule has 0 aliphatic heterocycles. The van der Waals surface area contributed by atoms with Gasteiger partial charge in [-0.15, -0.1) is 11.3 Å². The Morgan fingerprint density at radius 2 is 2.19 bits per heavy atom. The number of hydrogen-bond donors (Lipinski definition) is 2. The number of thiophene rings is 1. The van der Waals surface area contributed by atoms with Crippen LogP contribution in [0.4, 0.5) is 0 Å². The lowest BCUT2D eigenvalue weighted by molar-refractivity contribution is 0.0954. The molecule has 3 nitrogen and oxygen atoms in total. The van der Waals surface area contributed by atoms with E-state index >= 15 is 0 Å². The molecule has 4 heteroatoms. The minimum atomic E-state index is 0.0670. The molecule has 2 aliphatic carbocycles. The van der Waals surface area contributed by atoms with Crippen molar-refractivity contribution >= 4 is 17.2 Å². The molecule has 16 heavy (non-hydrogen) atoms. The van der Waals surface area contributed by atoms with E-state index in [1.807, 2.05) is 0 Å². The van der Waals surface area contributed by atoms with E-state index in [9.17, 15) is 4.79 Å². The molecule has 2 aliphatic rings. The monoisotopic (exact) mass is 236 g/mol. The number of carbonyl (C=O) groups is 1. The number of rotatable bonds is 2. The minimum Gasteiger partial charge on any atom is -0.347 e. The van der Waals surface area contributed by atoms with Gasteiger partial charge in [0.05, 0.1) is 4.88 Å². The summed E-state index contributed by atoms with van der Waals surface area (Å²) < 4.78 is 0. The van der Waals surface area contributed by atoms with Crippen molar-refractivity contribution in [1.29, 1.82) is 0 Å². The van der Waals surface area contributed by atoms with Crippen LogP contribution < -0.4 is 11.1 Å². The van der Waals surface area contributed by atoms with Crippen molar-refractivity contribution in [2.45, 2.75) is 44.2 Å². The third kappa shape index (κ3) is 1.87. The Morgan fingerprint density at radius 1 is 1.44 bits per heavy atom. The summed E-state index contributed by atoms with van der Waals surface area (Å²) in [5.41, 5.74) is 7.07. The Balaban J connectivity index is 1.73. The highest BCUT2D eigenvalue weighted by Crippen LogP contribution is 2.30. The van der Waals surface area contributed by atoms with E-state index in [2.05, 4.69) is 11.4 Å². The average molecular weight is 236 g/mol. The second-order valence-electron chi connectivity index (χ2n) is 4.75. The van der Waals surface area contributed by atoms with Gasteiger partial charge >= 0.3 is 0 Å². The van der Waals surface area contributed by atoms with Gasteiger partial charge in [0, 0.05) is 17.0 Å². The maximum Gasteiger partial charge on any atom is 0.261 e.